The molecule has 1 N–H and O–H groups in total. The van der Waals surface area contributed by atoms with E-state index < -0.39 is 0 Å². The van der Waals surface area contributed by atoms with Gasteiger partial charge in [0.15, 0.2) is 0 Å². The van der Waals surface area contributed by atoms with Crippen molar-refractivity contribution in [3.8, 4) is 0 Å². The molecule has 6 heteroatoms. The van der Waals surface area contributed by atoms with E-state index in [1.807, 2.05) is 11.4 Å². The van der Waals surface area contributed by atoms with Gasteiger partial charge in [0.05, 0.1) is 18.6 Å². The summed E-state index contributed by atoms with van der Waals surface area (Å²) in [4.78, 5) is 16.5. The summed E-state index contributed by atoms with van der Waals surface area (Å²) in [6.07, 6.45) is 4.34. The van der Waals surface area contributed by atoms with Crippen molar-refractivity contribution >= 4 is 17.2 Å². The minimum Gasteiger partial charge on any atom is -0.381 e. The van der Waals surface area contributed by atoms with Crippen LogP contribution in [0.3, 0.4) is 0 Å². The summed E-state index contributed by atoms with van der Waals surface area (Å²) in [5, 5.41) is 5.17. The van der Waals surface area contributed by atoms with Crippen LogP contribution in [0.25, 0.3) is 0 Å². The molecule has 0 radical (unpaired) electrons. The van der Waals surface area contributed by atoms with Crippen LogP contribution in [0.2, 0.25) is 0 Å². The van der Waals surface area contributed by atoms with E-state index in [1.165, 1.54) is 4.88 Å². The fraction of sp³-hybridized carbons (Fsp3) is 0.722. The van der Waals surface area contributed by atoms with Gasteiger partial charge in [-0.3, -0.25) is 9.69 Å². The fourth-order valence-corrected chi connectivity index (χ4v) is 4.99. The molecule has 0 aliphatic carbocycles. The maximum atomic E-state index is 12.7. The number of rotatable bonds is 4. The van der Waals surface area contributed by atoms with Crippen LogP contribution in [0, 0.1) is 5.92 Å². The Hall–Kier alpha value is -0.950. The number of ether oxygens (including phenoxy) is 2. The van der Waals surface area contributed by atoms with Gasteiger partial charge in [0.2, 0.25) is 5.91 Å². The zero-order chi connectivity index (χ0) is 16.4. The van der Waals surface area contributed by atoms with E-state index in [2.05, 4.69) is 16.3 Å². The van der Waals surface area contributed by atoms with Crippen LogP contribution in [0.15, 0.2) is 17.5 Å². The molecule has 132 valence electrons. The van der Waals surface area contributed by atoms with E-state index in [9.17, 15) is 4.79 Å². The summed E-state index contributed by atoms with van der Waals surface area (Å²) in [7, 11) is 0. The molecule has 0 spiro atoms. The smallest absolute Gasteiger partial charge is 0.224 e. The quantitative estimate of drug-likeness (QED) is 0.903. The molecular formula is C18H26N2O3S. The first-order valence-corrected chi connectivity index (χ1v) is 9.94. The molecular weight excluding hydrogens is 324 g/mol. The maximum absolute atomic E-state index is 12.7. The third-order valence-electron chi connectivity index (χ3n) is 5.60. The number of hydrogen-bond acceptors (Lipinski definition) is 5. The van der Waals surface area contributed by atoms with Crippen molar-refractivity contribution < 1.29 is 14.3 Å². The molecule has 3 fully saturated rings. The number of carbonyl (C=O) groups is 1. The Labute approximate surface area is 147 Å². The molecule has 0 unspecified atom stereocenters. The molecule has 4 heterocycles. The summed E-state index contributed by atoms with van der Waals surface area (Å²) < 4.78 is 11.5. The second kappa shape index (κ2) is 7.52. The molecule has 3 aliphatic rings. The molecule has 1 aromatic heterocycles. The van der Waals surface area contributed by atoms with E-state index in [0.717, 1.165) is 52.0 Å². The Morgan fingerprint density at radius 1 is 1.29 bits per heavy atom. The molecule has 3 aliphatic heterocycles. The van der Waals surface area contributed by atoms with Crippen LogP contribution in [-0.2, 0) is 20.8 Å². The highest BCUT2D eigenvalue weighted by Gasteiger charge is 2.44. The number of nitrogens with one attached hydrogen (secondary N) is 1. The van der Waals surface area contributed by atoms with E-state index in [0.29, 0.717) is 18.6 Å². The van der Waals surface area contributed by atoms with Crippen molar-refractivity contribution in [2.24, 2.45) is 5.92 Å². The van der Waals surface area contributed by atoms with Crippen molar-refractivity contribution in [2.45, 2.75) is 50.4 Å². The third kappa shape index (κ3) is 3.52. The van der Waals surface area contributed by atoms with Gasteiger partial charge < -0.3 is 14.8 Å². The minimum absolute atomic E-state index is 0.0344. The van der Waals surface area contributed by atoms with Crippen LogP contribution < -0.4 is 5.32 Å². The van der Waals surface area contributed by atoms with Gasteiger partial charge in [-0.25, -0.2) is 0 Å². The number of thiophene rings is 1. The lowest BCUT2D eigenvalue weighted by atomic mass is 9.87. The lowest BCUT2D eigenvalue weighted by Gasteiger charge is -2.45. The fourth-order valence-electron chi connectivity index (χ4n) is 4.34. The zero-order valence-electron chi connectivity index (χ0n) is 14.0. The van der Waals surface area contributed by atoms with E-state index in [4.69, 9.17) is 9.47 Å². The molecule has 5 nitrogen and oxygen atoms in total. The second-order valence-corrected chi connectivity index (χ2v) is 8.07. The van der Waals surface area contributed by atoms with Crippen LogP contribution in [0.4, 0.5) is 0 Å². The highest BCUT2D eigenvalue weighted by atomic mass is 32.1. The Bertz CT molecular complexity index is 544. The minimum atomic E-state index is 0.0344. The highest BCUT2D eigenvalue weighted by molar-refractivity contribution is 7.09. The number of fused-ring (bicyclic) bond motifs is 1. The van der Waals surface area contributed by atoms with Gasteiger partial charge in [-0.2, -0.15) is 0 Å². The number of nitrogens with zero attached hydrogens (tertiary/aromatic N) is 1. The third-order valence-corrected chi connectivity index (χ3v) is 6.47. The molecule has 0 saturated carbocycles. The first-order valence-electron chi connectivity index (χ1n) is 9.06. The number of amides is 1. The van der Waals surface area contributed by atoms with Gasteiger partial charge in [0, 0.05) is 43.3 Å². The first kappa shape index (κ1) is 16.5. The highest BCUT2D eigenvalue weighted by Crippen LogP contribution is 2.34. The summed E-state index contributed by atoms with van der Waals surface area (Å²) in [6, 6.07) is 5.13. The van der Waals surface area contributed by atoms with Crippen LogP contribution in [0.5, 0.6) is 0 Å². The Kier molecular flexibility index (Phi) is 5.17. The van der Waals surface area contributed by atoms with Crippen molar-refractivity contribution in [2.75, 3.05) is 26.4 Å². The van der Waals surface area contributed by atoms with Crippen molar-refractivity contribution in [1.29, 1.82) is 0 Å². The number of carbonyl (C=O) groups excluding carboxylic acids is 1. The first-order chi connectivity index (χ1) is 11.8. The predicted molar refractivity (Wildman–Crippen MR) is 93.0 cm³/mol. The standard InChI is InChI=1S/C18H26N2O3S/c21-18(19-11-15-2-1-9-24-15)13-10-17-16(5-8-23-17)20(12-13)14-3-6-22-7-4-14/h1-2,9,13-14,16-17H,3-8,10-12H2,(H,19,21)/t13-,16+,17-/m1/s1. The topological polar surface area (TPSA) is 50.8 Å². The lowest BCUT2D eigenvalue weighted by Crippen LogP contribution is -2.57. The molecule has 3 atom stereocenters. The van der Waals surface area contributed by atoms with Gasteiger partial charge in [-0.15, -0.1) is 11.3 Å². The van der Waals surface area contributed by atoms with E-state index in [-0.39, 0.29) is 17.9 Å². The molecule has 1 amide bonds. The number of likely N-dealkylation sites (tertiary alicyclic amines) is 1. The summed E-state index contributed by atoms with van der Waals surface area (Å²) in [5.74, 6) is 0.210. The van der Waals surface area contributed by atoms with Gasteiger partial charge in [0.1, 0.15) is 0 Å². The van der Waals surface area contributed by atoms with E-state index in [1.54, 1.807) is 11.3 Å². The van der Waals surface area contributed by atoms with Crippen LogP contribution in [-0.4, -0.2) is 55.4 Å². The van der Waals surface area contributed by atoms with E-state index >= 15 is 0 Å². The molecule has 1 aromatic rings. The molecule has 3 saturated heterocycles. The normalized spacial score (nSPS) is 31.8. The Morgan fingerprint density at radius 2 is 2.17 bits per heavy atom. The zero-order valence-corrected chi connectivity index (χ0v) is 14.8. The summed E-state index contributed by atoms with van der Waals surface area (Å²) >= 11 is 1.69. The SMILES string of the molecule is O=C(NCc1cccs1)[C@@H]1C[C@H]2OCC[C@@H]2N(C2CCOCC2)C1. The van der Waals surface area contributed by atoms with Crippen molar-refractivity contribution in [3.05, 3.63) is 22.4 Å². The Balaban J connectivity index is 1.40. The molecule has 24 heavy (non-hydrogen) atoms. The summed E-state index contributed by atoms with van der Waals surface area (Å²) in [5.41, 5.74) is 0. The van der Waals surface area contributed by atoms with Crippen LogP contribution >= 0.6 is 11.3 Å². The second-order valence-electron chi connectivity index (χ2n) is 7.04. The molecule has 4 rings (SSSR count). The van der Waals surface area contributed by atoms with Crippen molar-refractivity contribution in [3.63, 3.8) is 0 Å². The maximum Gasteiger partial charge on any atom is 0.224 e. The molecule has 0 bridgehead atoms. The average molecular weight is 350 g/mol. The van der Waals surface area contributed by atoms with Gasteiger partial charge in [-0.1, -0.05) is 6.07 Å². The molecule has 0 aromatic carbocycles. The number of hydrogen-bond donors (Lipinski definition) is 1. The van der Waals surface area contributed by atoms with Gasteiger partial charge in [0.25, 0.3) is 0 Å². The van der Waals surface area contributed by atoms with Gasteiger partial charge >= 0.3 is 0 Å². The predicted octanol–water partition coefficient (Wildman–Crippen LogP) is 2.02. The van der Waals surface area contributed by atoms with Crippen LogP contribution in [0.1, 0.15) is 30.6 Å². The monoisotopic (exact) mass is 350 g/mol. The van der Waals surface area contributed by atoms with Gasteiger partial charge in [-0.05, 0) is 37.1 Å². The summed E-state index contributed by atoms with van der Waals surface area (Å²) in [6.45, 7) is 4.02. The average Bonchev–Trinajstić information content (AvgIpc) is 3.31. The lowest BCUT2D eigenvalue weighted by molar-refractivity contribution is -0.131. The van der Waals surface area contributed by atoms with Crippen molar-refractivity contribution in [1.82, 2.24) is 10.2 Å². The Morgan fingerprint density at radius 3 is 2.96 bits per heavy atom. The largest absolute Gasteiger partial charge is 0.381 e. The number of piperidine rings is 1.